The summed E-state index contributed by atoms with van der Waals surface area (Å²) in [6, 6.07) is 5.72. The van der Waals surface area contributed by atoms with Crippen molar-refractivity contribution in [1.82, 2.24) is 15.3 Å². The first kappa shape index (κ1) is 22.2. The molecule has 1 unspecified atom stereocenters. The fraction of sp³-hybridized carbons (Fsp3) is 0.520. The van der Waals surface area contributed by atoms with Gasteiger partial charge in [-0.2, -0.15) is 0 Å². The monoisotopic (exact) mass is 436 g/mol. The molecule has 0 spiro atoms. The lowest BCUT2D eigenvalue weighted by atomic mass is 9.93. The van der Waals surface area contributed by atoms with Crippen molar-refractivity contribution in [3.8, 4) is 0 Å². The molecule has 1 amide bonds. The van der Waals surface area contributed by atoms with Crippen molar-refractivity contribution >= 4 is 17.7 Å². The van der Waals surface area contributed by atoms with Crippen LogP contribution in [0.25, 0.3) is 0 Å². The molecule has 1 aliphatic carbocycles. The average Bonchev–Trinajstić information content (AvgIpc) is 2.80. The van der Waals surface area contributed by atoms with E-state index in [1.54, 1.807) is 6.20 Å². The van der Waals surface area contributed by atoms with Crippen LogP contribution in [0.5, 0.6) is 0 Å². The third-order valence-electron chi connectivity index (χ3n) is 6.35. The van der Waals surface area contributed by atoms with E-state index in [1.165, 1.54) is 11.1 Å². The number of anilines is 1. The summed E-state index contributed by atoms with van der Waals surface area (Å²) in [7, 11) is 0. The molecule has 0 bridgehead atoms. The molecule has 7 nitrogen and oxygen atoms in total. The number of nitrogens with one attached hydrogen (secondary N) is 2. The van der Waals surface area contributed by atoms with Gasteiger partial charge < -0.3 is 15.7 Å². The van der Waals surface area contributed by atoms with Gasteiger partial charge in [-0.15, -0.1) is 0 Å². The van der Waals surface area contributed by atoms with Gasteiger partial charge in [-0.3, -0.25) is 14.6 Å². The third kappa shape index (κ3) is 5.84. The molecule has 2 aromatic rings. The molecular weight excluding hydrogens is 404 g/mol. The fourth-order valence-corrected chi connectivity index (χ4v) is 4.59. The number of hydrogen-bond donors (Lipinski definition) is 3. The largest absolute Gasteiger partial charge is 0.481 e. The highest BCUT2D eigenvalue weighted by Crippen LogP contribution is 2.25. The number of aromatic nitrogens is 2. The van der Waals surface area contributed by atoms with Crippen LogP contribution < -0.4 is 10.6 Å². The molecule has 170 valence electrons. The van der Waals surface area contributed by atoms with Crippen LogP contribution in [-0.4, -0.2) is 33.5 Å². The van der Waals surface area contributed by atoms with Gasteiger partial charge in [0.15, 0.2) is 0 Å². The number of fused-ring (bicyclic) bond motifs is 2. The summed E-state index contributed by atoms with van der Waals surface area (Å²) in [5, 5.41) is 15.6. The maximum atomic E-state index is 12.5. The Morgan fingerprint density at radius 1 is 1.09 bits per heavy atom. The topological polar surface area (TPSA) is 104 Å². The Balaban J connectivity index is 1.28. The molecule has 2 aliphatic rings. The van der Waals surface area contributed by atoms with Gasteiger partial charge in [-0.05, 0) is 80.5 Å². The van der Waals surface area contributed by atoms with Crippen molar-refractivity contribution in [2.24, 2.45) is 0 Å². The van der Waals surface area contributed by atoms with Crippen molar-refractivity contribution in [3.05, 3.63) is 52.5 Å². The molecule has 3 N–H and O–H groups in total. The Kier molecular flexibility index (Phi) is 7.35. The molecule has 1 aliphatic heterocycles. The van der Waals surface area contributed by atoms with Gasteiger partial charge in [0.1, 0.15) is 5.82 Å². The summed E-state index contributed by atoms with van der Waals surface area (Å²) >= 11 is 0. The Bertz CT molecular complexity index is 976. The van der Waals surface area contributed by atoms with Crippen molar-refractivity contribution in [2.75, 3.05) is 11.9 Å². The number of carboxylic acids is 1. The second kappa shape index (κ2) is 10.6. The van der Waals surface area contributed by atoms with Crippen LogP contribution in [0.3, 0.4) is 0 Å². The van der Waals surface area contributed by atoms with Crippen LogP contribution in [0.15, 0.2) is 24.4 Å². The molecular formula is C25H32N4O3. The number of pyridine rings is 2. The van der Waals surface area contributed by atoms with E-state index in [-0.39, 0.29) is 12.3 Å². The smallest absolute Gasteiger partial charge is 0.305 e. The second-order valence-corrected chi connectivity index (χ2v) is 8.85. The Labute approximate surface area is 189 Å². The standard InChI is InChI=1S/C25H32N4O3/c30-23(10-4-2-8-20-12-11-17-7-5-13-26-25(17)28-20)29-22(15-24(31)32)19-14-18-6-1-3-9-21(18)27-16-19/h11-12,14,16,22H,1-10,13,15H2,(H,26,28)(H,29,30)(H,31,32). The molecule has 1 atom stereocenters. The molecule has 0 radical (unpaired) electrons. The number of aryl methyl sites for hydroxylation is 4. The molecule has 2 aromatic heterocycles. The number of unbranched alkanes of at least 4 members (excludes halogenated alkanes) is 1. The SMILES string of the molecule is O=C(O)CC(NC(=O)CCCCc1ccc2c(n1)NCCC2)c1cnc2c(c1)CCCC2. The van der Waals surface area contributed by atoms with Gasteiger partial charge in [0.25, 0.3) is 0 Å². The van der Waals surface area contributed by atoms with E-state index in [4.69, 9.17) is 4.98 Å². The first-order valence-corrected chi connectivity index (χ1v) is 11.8. The molecule has 0 saturated carbocycles. The maximum Gasteiger partial charge on any atom is 0.305 e. The van der Waals surface area contributed by atoms with Crippen molar-refractivity contribution in [2.45, 2.75) is 76.7 Å². The predicted octanol–water partition coefficient (Wildman–Crippen LogP) is 3.76. The van der Waals surface area contributed by atoms with Gasteiger partial charge in [-0.25, -0.2) is 4.98 Å². The number of carbonyl (C=O) groups excluding carboxylic acids is 1. The number of nitrogens with zero attached hydrogens (tertiary/aromatic N) is 2. The van der Waals surface area contributed by atoms with Crippen LogP contribution in [-0.2, 0) is 35.3 Å². The lowest BCUT2D eigenvalue weighted by Crippen LogP contribution is -2.30. The van der Waals surface area contributed by atoms with Crippen molar-refractivity contribution in [1.29, 1.82) is 0 Å². The minimum atomic E-state index is -0.930. The molecule has 3 heterocycles. The highest BCUT2D eigenvalue weighted by Gasteiger charge is 2.21. The van der Waals surface area contributed by atoms with Crippen LogP contribution in [0.4, 0.5) is 5.82 Å². The lowest BCUT2D eigenvalue weighted by Gasteiger charge is -2.21. The molecule has 0 aromatic carbocycles. The lowest BCUT2D eigenvalue weighted by molar-refractivity contribution is -0.137. The number of hydrogen-bond acceptors (Lipinski definition) is 5. The minimum Gasteiger partial charge on any atom is -0.481 e. The van der Waals surface area contributed by atoms with E-state index in [0.717, 1.165) is 87.1 Å². The van der Waals surface area contributed by atoms with Crippen LogP contribution >= 0.6 is 0 Å². The molecule has 0 fully saturated rings. The quantitative estimate of drug-likeness (QED) is 0.517. The Morgan fingerprint density at radius 2 is 1.94 bits per heavy atom. The first-order valence-electron chi connectivity index (χ1n) is 11.8. The molecule has 4 rings (SSSR count). The van der Waals surface area contributed by atoms with Crippen LogP contribution in [0.1, 0.15) is 79.1 Å². The van der Waals surface area contributed by atoms with E-state index in [9.17, 15) is 14.7 Å². The highest BCUT2D eigenvalue weighted by molar-refractivity contribution is 5.77. The second-order valence-electron chi connectivity index (χ2n) is 8.85. The van der Waals surface area contributed by atoms with Crippen molar-refractivity contribution in [3.63, 3.8) is 0 Å². The number of rotatable bonds is 9. The zero-order chi connectivity index (χ0) is 22.3. The summed E-state index contributed by atoms with van der Waals surface area (Å²) in [6.07, 6.45) is 10.8. The van der Waals surface area contributed by atoms with Gasteiger partial charge in [-0.1, -0.05) is 12.1 Å². The van der Waals surface area contributed by atoms with Crippen LogP contribution in [0.2, 0.25) is 0 Å². The Morgan fingerprint density at radius 3 is 2.81 bits per heavy atom. The Hall–Kier alpha value is -2.96. The highest BCUT2D eigenvalue weighted by atomic mass is 16.4. The van der Waals surface area contributed by atoms with Gasteiger partial charge in [0.2, 0.25) is 5.91 Å². The van der Waals surface area contributed by atoms with Crippen molar-refractivity contribution < 1.29 is 14.7 Å². The first-order chi connectivity index (χ1) is 15.6. The molecule has 7 heteroatoms. The van der Waals surface area contributed by atoms with E-state index >= 15 is 0 Å². The van der Waals surface area contributed by atoms with E-state index < -0.39 is 12.0 Å². The maximum absolute atomic E-state index is 12.5. The normalized spacial score (nSPS) is 15.8. The number of aliphatic carboxylic acids is 1. The summed E-state index contributed by atoms with van der Waals surface area (Å²) in [4.78, 5) is 33.2. The summed E-state index contributed by atoms with van der Waals surface area (Å²) < 4.78 is 0. The zero-order valence-electron chi connectivity index (χ0n) is 18.5. The fourth-order valence-electron chi connectivity index (χ4n) is 4.59. The molecule has 32 heavy (non-hydrogen) atoms. The number of carboxylic acid groups (broad SMARTS) is 1. The number of amides is 1. The van der Waals surface area contributed by atoms with E-state index in [2.05, 4.69) is 27.8 Å². The van der Waals surface area contributed by atoms with E-state index in [0.29, 0.717) is 6.42 Å². The summed E-state index contributed by atoms with van der Waals surface area (Å²) in [5.74, 6) is -0.0455. The predicted molar refractivity (Wildman–Crippen MR) is 123 cm³/mol. The summed E-state index contributed by atoms with van der Waals surface area (Å²) in [5.41, 5.74) is 5.40. The number of carbonyl (C=O) groups is 2. The average molecular weight is 437 g/mol. The minimum absolute atomic E-state index is 0.117. The van der Waals surface area contributed by atoms with Gasteiger partial charge in [0, 0.05) is 30.6 Å². The van der Waals surface area contributed by atoms with Gasteiger partial charge >= 0.3 is 5.97 Å². The van der Waals surface area contributed by atoms with E-state index in [1.807, 2.05) is 6.07 Å². The van der Waals surface area contributed by atoms with Crippen LogP contribution in [0, 0.1) is 0 Å². The molecule has 0 saturated heterocycles. The zero-order valence-corrected chi connectivity index (χ0v) is 18.5. The summed E-state index contributed by atoms with van der Waals surface area (Å²) in [6.45, 7) is 0.973. The van der Waals surface area contributed by atoms with Gasteiger partial charge in [0.05, 0.1) is 12.5 Å². The third-order valence-corrected chi connectivity index (χ3v) is 6.35.